The van der Waals surface area contributed by atoms with E-state index in [9.17, 15) is 13.2 Å². The van der Waals surface area contributed by atoms with E-state index in [1.165, 1.54) is 0 Å². The molecule has 0 unspecified atom stereocenters. The molecule has 1 aliphatic rings. The summed E-state index contributed by atoms with van der Waals surface area (Å²) >= 11 is 0. The smallest absolute Gasteiger partial charge is 0.251 e. The Morgan fingerprint density at radius 2 is 1.81 bits per heavy atom. The number of aryl methyl sites for hydroxylation is 1. The number of rotatable bonds is 3. The van der Waals surface area contributed by atoms with Crippen LogP contribution in [0.1, 0.15) is 29.0 Å². The van der Waals surface area contributed by atoms with E-state index >= 15 is 0 Å². The van der Waals surface area contributed by atoms with Crippen LogP contribution in [0.2, 0.25) is 0 Å². The van der Waals surface area contributed by atoms with Crippen molar-refractivity contribution in [1.82, 2.24) is 14.9 Å². The third-order valence-corrected chi connectivity index (χ3v) is 6.70. The molecule has 140 valence electrons. The Hall–Kier alpha value is -2.67. The molecule has 1 fully saturated rings. The number of para-hydroxylation sites is 1. The van der Waals surface area contributed by atoms with Crippen molar-refractivity contribution in [2.75, 3.05) is 11.5 Å². The molecule has 1 amide bonds. The molecule has 1 aliphatic heterocycles. The van der Waals surface area contributed by atoms with Gasteiger partial charge in [0.05, 0.1) is 22.5 Å². The highest BCUT2D eigenvalue weighted by Gasteiger charge is 2.25. The molecule has 1 aromatic heterocycles. The van der Waals surface area contributed by atoms with Gasteiger partial charge in [-0.1, -0.05) is 18.2 Å². The number of hydrogen-bond acceptors (Lipinski definition) is 4. The Morgan fingerprint density at radius 3 is 2.52 bits per heavy atom. The number of nitrogens with zero attached hydrogens (tertiary/aromatic N) is 2. The maximum absolute atomic E-state index is 12.6. The first kappa shape index (κ1) is 17.7. The maximum atomic E-state index is 12.6. The van der Waals surface area contributed by atoms with Crippen LogP contribution in [0.25, 0.3) is 16.7 Å². The van der Waals surface area contributed by atoms with Gasteiger partial charge in [0.1, 0.15) is 15.7 Å². The summed E-state index contributed by atoms with van der Waals surface area (Å²) in [4.78, 5) is 17.2. The van der Waals surface area contributed by atoms with E-state index in [0.717, 1.165) is 22.5 Å². The standard InChI is InChI=1S/C20H21N3O3S/c1-14-21-18-13-15(20(24)22-16-9-11-27(25,26)12-10-16)7-8-19(18)23(14)17-5-3-2-4-6-17/h2-8,13,16H,9-12H2,1H3,(H,22,24). The van der Waals surface area contributed by atoms with Crippen LogP contribution in [-0.4, -0.2) is 41.4 Å². The van der Waals surface area contributed by atoms with Gasteiger partial charge < -0.3 is 5.32 Å². The van der Waals surface area contributed by atoms with E-state index in [4.69, 9.17) is 0 Å². The van der Waals surface area contributed by atoms with Crippen molar-refractivity contribution in [1.29, 1.82) is 0 Å². The van der Waals surface area contributed by atoms with Crippen LogP contribution in [0.15, 0.2) is 48.5 Å². The highest BCUT2D eigenvalue weighted by molar-refractivity contribution is 7.91. The second kappa shape index (κ2) is 6.81. The maximum Gasteiger partial charge on any atom is 0.251 e. The zero-order valence-electron chi connectivity index (χ0n) is 15.1. The van der Waals surface area contributed by atoms with Gasteiger partial charge in [0.2, 0.25) is 0 Å². The largest absolute Gasteiger partial charge is 0.349 e. The van der Waals surface area contributed by atoms with E-state index in [2.05, 4.69) is 14.9 Å². The van der Waals surface area contributed by atoms with Gasteiger partial charge in [-0.25, -0.2) is 13.4 Å². The average molecular weight is 383 g/mol. The third kappa shape index (κ3) is 3.60. The van der Waals surface area contributed by atoms with E-state index in [1.54, 1.807) is 12.1 Å². The molecule has 2 heterocycles. The topological polar surface area (TPSA) is 81.1 Å². The van der Waals surface area contributed by atoms with Crippen molar-refractivity contribution in [3.8, 4) is 5.69 Å². The summed E-state index contributed by atoms with van der Waals surface area (Å²) in [5.41, 5.74) is 3.26. The van der Waals surface area contributed by atoms with Crippen molar-refractivity contribution in [2.45, 2.75) is 25.8 Å². The number of aromatic nitrogens is 2. The van der Waals surface area contributed by atoms with Gasteiger partial charge >= 0.3 is 0 Å². The fourth-order valence-corrected chi connectivity index (χ4v) is 5.04. The minimum absolute atomic E-state index is 0.0969. The first-order valence-electron chi connectivity index (χ1n) is 8.99. The van der Waals surface area contributed by atoms with Crippen LogP contribution in [0.3, 0.4) is 0 Å². The molecule has 0 radical (unpaired) electrons. The summed E-state index contributed by atoms with van der Waals surface area (Å²) in [6.45, 7) is 1.94. The van der Waals surface area contributed by atoms with E-state index in [1.807, 2.05) is 43.3 Å². The van der Waals surface area contributed by atoms with Crippen molar-refractivity contribution < 1.29 is 13.2 Å². The summed E-state index contributed by atoms with van der Waals surface area (Å²) in [5, 5.41) is 2.95. The number of carbonyl (C=O) groups excluding carboxylic acids is 1. The minimum atomic E-state index is -2.94. The number of carbonyl (C=O) groups is 1. The van der Waals surface area contributed by atoms with Gasteiger partial charge in [-0.3, -0.25) is 9.36 Å². The van der Waals surface area contributed by atoms with Crippen LogP contribution >= 0.6 is 0 Å². The lowest BCUT2D eigenvalue weighted by Gasteiger charge is -2.23. The Morgan fingerprint density at radius 1 is 1.11 bits per heavy atom. The molecule has 1 saturated heterocycles. The van der Waals surface area contributed by atoms with E-state index in [0.29, 0.717) is 18.4 Å². The molecule has 1 N–H and O–H groups in total. The molecular weight excluding hydrogens is 362 g/mol. The number of amides is 1. The van der Waals surface area contributed by atoms with Crippen LogP contribution in [-0.2, 0) is 9.84 Å². The van der Waals surface area contributed by atoms with Crippen molar-refractivity contribution >= 4 is 26.8 Å². The monoisotopic (exact) mass is 383 g/mol. The first-order valence-corrected chi connectivity index (χ1v) is 10.8. The van der Waals surface area contributed by atoms with Crippen molar-refractivity contribution in [3.63, 3.8) is 0 Å². The Balaban J connectivity index is 1.58. The lowest BCUT2D eigenvalue weighted by Crippen LogP contribution is -2.40. The SMILES string of the molecule is Cc1nc2cc(C(=O)NC3CCS(=O)(=O)CC3)ccc2n1-c1ccccc1. The fraction of sp³-hybridized carbons (Fsp3) is 0.300. The van der Waals surface area contributed by atoms with Crippen LogP contribution in [0, 0.1) is 6.92 Å². The Bertz CT molecular complexity index is 1090. The average Bonchev–Trinajstić information content (AvgIpc) is 2.99. The highest BCUT2D eigenvalue weighted by Crippen LogP contribution is 2.22. The molecule has 4 rings (SSSR count). The van der Waals surface area contributed by atoms with Gasteiger partial charge in [0.15, 0.2) is 0 Å². The third-order valence-electron chi connectivity index (χ3n) is 4.99. The van der Waals surface area contributed by atoms with Crippen molar-refractivity contribution in [3.05, 3.63) is 59.9 Å². The van der Waals surface area contributed by atoms with Gasteiger partial charge in [-0.2, -0.15) is 0 Å². The van der Waals surface area contributed by atoms with Gasteiger partial charge in [0, 0.05) is 17.3 Å². The molecule has 27 heavy (non-hydrogen) atoms. The molecule has 2 aromatic carbocycles. The molecule has 0 atom stereocenters. The summed E-state index contributed by atoms with van der Waals surface area (Å²) < 4.78 is 25.1. The molecule has 0 aliphatic carbocycles. The second-order valence-electron chi connectivity index (χ2n) is 6.93. The summed E-state index contributed by atoms with van der Waals surface area (Å²) in [6.07, 6.45) is 0.941. The van der Waals surface area contributed by atoms with Gasteiger partial charge in [-0.05, 0) is 50.1 Å². The fourth-order valence-electron chi connectivity index (χ4n) is 3.55. The quantitative estimate of drug-likeness (QED) is 0.754. The number of imidazole rings is 1. The summed E-state index contributed by atoms with van der Waals surface area (Å²) in [6, 6.07) is 15.4. The van der Waals surface area contributed by atoms with E-state index in [-0.39, 0.29) is 23.5 Å². The zero-order chi connectivity index (χ0) is 19.0. The van der Waals surface area contributed by atoms with Gasteiger partial charge in [-0.15, -0.1) is 0 Å². The highest BCUT2D eigenvalue weighted by atomic mass is 32.2. The lowest BCUT2D eigenvalue weighted by molar-refractivity contribution is 0.0934. The molecule has 6 nitrogen and oxygen atoms in total. The molecule has 7 heteroatoms. The zero-order valence-corrected chi connectivity index (χ0v) is 15.9. The Labute approximate surface area is 158 Å². The van der Waals surface area contributed by atoms with E-state index < -0.39 is 9.84 Å². The van der Waals surface area contributed by atoms with Crippen LogP contribution < -0.4 is 5.32 Å². The number of fused-ring (bicyclic) bond motifs is 1. The van der Waals surface area contributed by atoms with Crippen LogP contribution in [0.5, 0.6) is 0 Å². The predicted molar refractivity (Wildman–Crippen MR) is 105 cm³/mol. The predicted octanol–water partition coefficient (Wildman–Crippen LogP) is 2.64. The first-order chi connectivity index (χ1) is 12.9. The number of nitrogens with one attached hydrogen (secondary N) is 1. The van der Waals surface area contributed by atoms with Gasteiger partial charge in [0.25, 0.3) is 5.91 Å². The number of benzene rings is 2. The molecule has 0 saturated carbocycles. The summed E-state index contributed by atoms with van der Waals surface area (Å²) in [5.74, 6) is 0.939. The second-order valence-corrected chi connectivity index (χ2v) is 9.24. The normalized spacial score (nSPS) is 17.1. The van der Waals surface area contributed by atoms with Crippen molar-refractivity contribution in [2.24, 2.45) is 0 Å². The van der Waals surface area contributed by atoms with Crippen LogP contribution in [0.4, 0.5) is 0 Å². The number of hydrogen-bond donors (Lipinski definition) is 1. The molecule has 3 aromatic rings. The minimum Gasteiger partial charge on any atom is -0.349 e. The Kier molecular flexibility index (Phi) is 4.47. The lowest BCUT2D eigenvalue weighted by atomic mass is 10.1. The molecule has 0 spiro atoms. The summed E-state index contributed by atoms with van der Waals surface area (Å²) in [7, 11) is -2.94. The molecule has 0 bridgehead atoms. The molecular formula is C20H21N3O3S. The number of sulfone groups is 1.